The van der Waals surface area contributed by atoms with Crippen molar-refractivity contribution in [2.24, 2.45) is 7.05 Å². The van der Waals surface area contributed by atoms with Gasteiger partial charge < -0.3 is 9.64 Å². The van der Waals surface area contributed by atoms with E-state index in [0.717, 1.165) is 30.3 Å². The van der Waals surface area contributed by atoms with Gasteiger partial charge in [-0.2, -0.15) is 5.10 Å². The maximum Gasteiger partial charge on any atom is 0.326 e. The summed E-state index contributed by atoms with van der Waals surface area (Å²) < 4.78 is 7.89. The third-order valence-corrected chi connectivity index (χ3v) is 4.59. The average molecular weight is 361 g/mol. The van der Waals surface area contributed by atoms with Gasteiger partial charge in [-0.25, -0.2) is 4.98 Å². The lowest BCUT2D eigenvalue weighted by Gasteiger charge is -2.24. The summed E-state index contributed by atoms with van der Waals surface area (Å²) in [6, 6.07) is 0. The van der Waals surface area contributed by atoms with Crippen molar-refractivity contribution >= 4 is 22.9 Å². The van der Waals surface area contributed by atoms with Gasteiger partial charge in [0.2, 0.25) is 0 Å². The summed E-state index contributed by atoms with van der Waals surface area (Å²) in [7, 11) is 1.68. The molecule has 1 amide bonds. The van der Waals surface area contributed by atoms with Gasteiger partial charge in [0.15, 0.2) is 11.8 Å². The van der Waals surface area contributed by atoms with Crippen molar-refractivity contribution in [2.45, 2.75) is 45.3 Å². The molecule has 0 spiro atoms. The zero-order valence-corrected chi connectivity index (χ0v) is 15.1. The summed E-state index contributed by atoms with van der Waals surface area (Å²) in [5.74, 6) is -0.832. The molecule has 1 aliphatic heterocycles. The van der Waals surface area contributed by atoms with E-state index >= 15 is 0 Å². The Morgan fingerprint density at radius 3 is 2.62 bits per heavy atom. The number of carbonyl (C=O) groups is 2. The van der Waals surface area contributed by atoms with Crippen LogP contribution in [0.4, 0.5) is 0 Å². The molecule has 3 heterocycles. The third-order valence-electron chi connectivity index (χ3n) is 4.59. The van der Waals surface area contributed by atoms with E-state index < -0.39 is 12.1 Å². The number of esters is 1. The number of ether oxygens (including phenoxy) is 1. The van der Waals surface area contributed by atoms with Crippen LogP contribution < -0.4 is 5.56 Å². The molecule has 0 saturated carbocycles. The van der Waals surface area contributed by atoms with Crippen LogP contribution in [0.5, 0.6) is 0 Å². The topological polar surface area (TPSA) is 99.3 Å². The molecule has 1 aliphatic rings. The van der Waals surface area contributed by atoms with E-state index in [9.17, 15) is 14.4 Å². The lowest BCUT2D eigenvalue weighted by molar-refractivity contribution is -0.159. The normalized spacial score (nSPS) is 16.3. The first-order valence-corrected chi connectivity index (χ1v) is 8.83. The molecule has 1 saturated heterocycles. The fraction of sp³-hybridized carbons (Fsp3) is 0.588. The monoisotopic (exact) mass is 361 g/mol. The maximum atomic E-state index is 12.4. The van der Waals surface area contributed by atoms with Gasteiger partial charge in [-0.15, -0.1) is 0 Å². The van der Waals surface area contributed by atoms with Gasteiger partial charge in [0.25, 0.3) is 11.5 Å². The number of carbonyl (C=O) groups excluding carboxylic acids is 2. The van der Waals surface area contributed by atoms with Gasteiger partial charge in [0.1, 0.15) is 18.3 Å². The van der Waals surface area contributed by atoms with Crippen molar-refractivity contribution in [3.63, 3.8) is 0 Å². The second kappa shape index (κ2) is 7.67. The second-order valence-corrected chi connectivity index (χ2v) is 6.55. The molecule has 26 heavy (non-hydrogen) atoms. The average Bonchev–Trinajstić information content (AvgIpc) is 2.83. The smallest absolute Gasteiger partial charge is 0.326 e. The van der Waals surface area contributed by atoms with Crippen LogP contribution in [0.25, 0.3) is 11.0 Å². The summed E-state index contributed by atoms with van der Waals surface area (Å²) in [4.78, 5) is 42.9. The molecular formula is C17H23N5O4. The van der Waals surface area contributed by atoms with Crippen molar-refractivity contribution in [3.05, 3.63) is 22.9 Å². The van der Waals surface area contributed by atoms with E-state index in [0.29, 0.717) is 24.1 Å². The summed E-state index contributed by atoms with van der Waals surface area (Å²) >= 11 is 0. The van der Waals surface area contributed by atoms with Gasteiger partial charge >= 0.3 is 5.97 Å². The van der Waals surface area contributed by atoms with Crippen LogP contribution in [0.3, 0.4) is 0 Å². The number of nitrogens with zero attached hydrogens (tertiary/aromatic N) is 5. The number of amides is 1. The standard InChI is InChI=1S/C17H23N5O4/c1-12(16(24)21-7-5-3-4-6-8-21)26-14(23)10-22-11-18-15-13(17(22)25)9-19-20(15)2/h9,11-12H,3-8,10H2,1-2H3. The molecule has 2 aromatic heterocycles. The molecule has 1 unspecified atom stereocenters. The number of hydrogen-bond donors (Lipinski definition) is 0. The highest BCUT2D eigenvalue weighted by molar-refractivity contribution is 5.83. The lowest BCUT2D eigenvalue weighted by Crippen LogP contribution is -2.41. The fourth-order valence-electron chi connectivity index (χ4n) is 3.15. The van der Waals surface area contributed by atoms with Crippen LogP contribution in [0.1, 0.15) is 32.6 Å². The molecule has 0 N–H and O–H groups in total. The van der Waals surface area contributed by atoms with Crippen molar-refractivity contribution in [1.82, 2.24) is 24.2 Å². The van der Waals surface area contributed by atoms with E-state index in [4.69, 9.17) is 4.74 Å². The highest BCUT2D eigenvalue weighted by Crippen LogP contribution is 2.12. The van der Waals surface area contributed by atoms with Crippen LogP contribution >= 0.6 is 0 Å². The molecule has 9 nitrogen and oxygen atoms in total. The molecule has 0 bridgehead atoms. The third kappa shape index (κ3) is 3.76. The Bertz CT molecular complexity index is 864. The van der Waals surface area contributed by atoms with E-state index in [-0.39, 0.29) is 18.0 Å². The lowest BCUT2D eigenvalue weighted by atomic mass is 10.2. The molecule has 0 aliphatic carbocycles. The predicted octanol–water partition coefficient (Wildman–Crippen LogP) is 0.464. The number of fused-ring (bicyclic) bond motifs is 1. The van der Waals surface area contributed by atoms with E-state index in [1.54, 1.807) is 18.9 Å². The molecule has 1 fully saturated rings. The summed E-state index contributed by atoms with van der Waals surface area (Å²) in [6.07, 6.45) is 6.01. The van der Waals surface area contributed by atoms with Crippen molar-refractivity contribution in [1.29, 1.82) is 0 Å². The maximum absolute atomic E-state index is 12.4. The number of aryl methyl sites for hydroxylation is 1. The second-order valence-electron chi connectivity index (χ2n) is 6.55. The first-order chi connectivity index (χ1) is 12.5. The van der Waals surface area contributed by atoms with Gasteiger partial charge in [0, 0.05) is 20.1 Å². The highest BCUT2D eigenvalue weighted by atomic mass is 16.5. The minimum Gasteiger partial charge on any atom is -0.451 e. The quantitative estimate of drug-likeness (QED) is 0.734. The summed E-state index contributed by atoms with van der Waals surface area (Å²) in [6.45, 7) is 2.66. The number of rotatable bonds is 4. The Hall–Kier alpha value is -2.71. The van der Waals surface area contributed by atoms with Crippen LogP contribution in [0.2, 0.25) is 0 Å². The molecule has 0 radical (unpaired) electrons. The number of aromatic nitrogens is 4. The Labute approximate surface area is 150 Å². The number of hydrogen-bond acceptors (Lipinski definition) is 6. The molecule has 0 aromatic carbocycles. The first kappa shape index (κ1) is 18.1. The highest BCUT2D eigenvalue weighted by Gasteiger charge is 2.24. The number of likely N-dealkylation sites (tertiary alicyclic amines) is 1. The van der Waals surface area contributed by atoms with Crippen LogP contribution in [-0.2, 0) is 27.9 Å². The largest absolute Gasteiger partial charge is 0.451 e. The van der Waals surface area contributed by atoms with Crippen LogP contribution in [0, 0.1) is 0 Å². The molecule has 3 rings (SSSR count). The minimum absolute atomic E-state index is 0.187. The zero-order chi connectivity index (χ0) is 18.7. The Morgan fingerprint density at radius 2 is 1.92 bits per heavy atom. The first-order valence-electron chi connectivity index (χ1n) is 8.83. The Kier molecular flexibility index (Phi) is 5.34. The van der Waals surface area contributed by atoms with Gasteiger partial charge in [-0.05, 0) is 19.8 Å². The SMILES string of the molecule is CC(OC(=O)Cn1cnc2c(cnn2C)c1=O)C(=O)N1CCCCCC1. The van der Waals surface area contributed by atoms with Crippen molar-refractivity contribution < 1.29 is 14.3 Å². The van der Waals surface area contributed by atoms with E-state index in [2.05, 4.69) is 10.1 Å². The zero-order valence-electron chi connectivity index (χ0n) is 15.1. The predicted molar refractivity (Wildman–Crippen MR) is 93.4 cm³/mol. The molecule has 140 valence electrons. The Morgan fingerprint density at radius 1 is 1.23 bits per heavy atom. The van der Waals surface area contributed by atoms with Crippen molar-refractivity contribution in [2.75, 3.05) is 13.1 Å². The van der Waals surface area contributed by atoms with Crippen LogP contribution in [-0.4, -0.2) is 55.3 Å². The Balaban J connectivity index is 1.64. The summed E-state index contributed by atoms with van der Waals surface area (Å²) in [5.41, 5.74) is 0.0795. The van der Waals surface area contributed by atoms with Gasteiger partial charge in [-0.1, -0.05) is 12.8 Å². The molecule has 1 atom stereocenters. The minimum atomic E-state index is -0.869. The van der Waals surface area contributed by atoms with Gasteiger partial charge in [0.05, 0.1) is 6.20 Å². The fourth-order valence-corrected chi connectivity index (χ4v) is 3.15. The van der Waals surface area contributed by atoms with Crippen LogP contribution in [0.15, 0.2) is 17.3 Å². The van der Waals surface area contributed by atoms with E-state index in [1.165, 1.54) is 17.2 Å². The molecule has 9 heteroatoms. The molecular weight excluding hydrogens is 338 g/mol. The van der Waals surface area contributed by atoms with Crippen molar-refractivity contribution in [3.8, 4) is 0 Å². The molecule has 2 aromatic rings. The van der Waals surface area contributed by atoms with Gasteiger partial charge in [-0.3, -0.25) is 23.6 Å². The summed E-state index contributed by atoms with van der Waals surface area (Å²) in [5, 5.41) is 4.31. The van der Waals surface area contributed by atoms with E-state index in [1.807, 2.05) is 0 Å².